The highest BCUT2D eigenvalue weighted by Crippen LogP contribution is 2.41. The Morgan fingerprint density at radius 2 is 1.97 bits per heavy atom. The zero-order chi connectivity index (χ0) is 24.5. The van der Waals surface area contributed by atoms with Crippen molar-refractivity contribution in [2.75, 3.05) is 16.9 Å². The van der Waals surface area contributed by atoms with E-state index in [0.29, 0.717) is 0 Å². The van der Waals surface area contributed by atoms with E-state index >= 15 is 4.39 Å². The summed E-state index contributed by atoms with van der Waals surface area (Å²) in [6, 6.07) is 12.8. The van der Waals surface area contributed by atoms with Crippen LogP contribution in [0.3, 0.4) is 0 Å². The van der Waals surface area contributed by atoms with E-state index in [-0.39, 0.29) is 22.1 Å². The molecule has 2 N–H and O–H groups in total. The second-order valence-corrected chi connectivity index (χ2v) is 9.03. The first-order valence-electron chi connectivity index (χ1n) is 10.9. The lowest BCUT2D eigenvalue weighted by Crippen LogP contribution is -2.47. The highest BCUT2D eigenvalue weighted by atomic mass is 32.1. The maximum atomic E-state index is 15.3. The number of nitrogens with one attached hydrogen (secondary N) is 1. The van der Waals surface area contributed by atoms with Crippen molar-refractivity contribution in [2.45, 2.75) is 44.9 Å². The Hall–Kier alpha value is -3.48. The monoisotopic (exact) mass is 479 g/mol. The number of aromatic amines is 1. The molecule has 4 rings (SSSR count). The number of methoxy groups -OCH3 is 1. The Bertz CT molecular complexity index is 1220. The summed E-state index contributed by atoms with van der Waals surface area (Å²) in [6.45, 7) is 3.69. The minimum Gasteiger partial charge on any atom is -0.492 e. The number of aromatic nitrogens is 2. The second-order valence-electron chi connectivity index (χ2n) is 8.66. The molecule has 2 aromatic carbocycles. The number of halogens is 1. The molecule has 7 nitrogen and oxygen atoms in total. The van der Waals surface area contributed by atoms with Gasteiger partial charge in [-0.05, 0) is 68.7 Å². The van der Waals surface area contributed by atoms with Crippen LogP contribution in [0.2, 0.25) is 0 Å². The summed E-state index contributed by atoms with van der Waals surface area (Å²) < 4.78 is 20.4. The minimum absolute atomic E-state index is 0.0541. The van der Waals surface area contributed by atoms with Crippen LogP contribution in [0.1, 0.15) is 37.2 Å². The van der Waals surface area contributed by atoms with Gasteiger partial charge in [-0.3, -0.25) is 4.90 Å². The molecular weight excluding hydrogens is 453 g/mol. The molecule has 9 heteroatoms. The Balaban J connectivity index is 1.58. The highest BCUT2D eigenvalue weighted by molar-refractivity contribution is 7.80. The van der Waals surface area contributed by atoms with Crippen LogP contribution in [-0.2, 0) is 12.8 Å². The standard InChI is InChI=1S/C25H26FN5O2S/c1-25(2)23(32)30(19-12-9-17(15-27)22(33-3)21(19)26)24(34)31(25)18-10-7-16(8-11-18)5-4-6-20-28-13-14-29-20/h7-14,23,32H,4-6H2,1-3H3,(H,28,29). The van der Waals surface area contributed by atoms with Crippen LogP contribution in [0.5, 0.6) is 5.75 Å². The molecule has 1 aromatic heterocycles. The number of rotatable bonds is 7. The number of H-pyrrole nitrogens is 1. The van der Waals surface area contributed by atoms with Gasteiger partial charge in [-0.25, -0.2) is 9.37 Å². The molecule has 34 heavy (non-hydrogen) atoms. The molecule has 0 saturated carbocycles. The van der Waals surface area contributed by atoms with E-state index in [1.807, 2.05) is 55.3 Å². The third-order valence-electron chi connectivity index (χ3n) is 6.14. The van der Waals surface area contributed by atoms with Crippen LogP contribution in [-0.4, -0.2) is 39.1 Å². The molecule has 1 unspecified atom stereocenters. The van der Waals surface area contributed by atoms with Gasteiger partial charge >= 0.3 is 0 Å². The Labute approximate surface area is 203 Å². The fraction of sp³-hybridized carbons (Fsp3) is 0.320. The molecule has 0 spiro atoms. The third-order valence-corrected chi connectivity index (χ3v) is 6.52. The number of hydrogen-bond acceptors (Lipinski definition) is 5. The Morgan fingerprint density at radius 3 is 2.59 bits per heavy atom. The molecule has 2 heterocycles. The molecule has 1 fully saturated rings. The number of anilines is 2. The van der Waals surface area contributed by atoms with Crippen LogP contribution in [0.15, 0.2) is 48.8 Å². The van der Waals surface area contributed by atoms with Crippen LogP contribution < -0.4 is 14.5 Å². The SMILES string of the molecule is COc1c(C#N)ccc(N2C(=S)N(c3ccc(CCCc4ncc[nH]4)cc3)C(C)(C)C2O)c1F. The highest BCUT2D eigenvalue weighted by Gasteiger charge is 2.50. The van der Waals surface area contributed by atoms with E-state index in [9.17, 15) is 10.4 Å². The number of thiocarbonyl (C=S) groups is 1. The number of nitriles is 1. The lowest BCUT2D eigenvalue weighted by Gasteiger charge is -2.33. The first-order chi connectivity index (χ1) is 16.3. The van der Waals surface area contributed by atoms with Gasteiger partial charge in [0.2, 0.25) is 0 Å². The number of nitrogens with zero attached hydrogens (tertiary/aromatic N) is 4. The number of aryl methyl sites for hydroxylation is 2. The average molecular weight is 480 g/mol. The number of ether oxygens (including phenoxy) is 1. The molecule has 1 saturated heterocycles. The smallest absolute Gasteiger partial charge is 0.190 e. The van der Waals surface area contributed by atoms with Crippen LogP contribution in [0, 0.1) is 17.1 Å². The summed E-state index contributed by atoms with van der Waals surface area (Å²) in [5.41, 5.74) is 1.26. The molecular formula is C25H26FN5O2S. The Morgan fingerprint density at radius 1 is 1.24 bits per heavy atom. The number of hydrogen-bond donors (Lipinski definition) is 2. The van der Waals surface area contributed by atoms with Gasteiger partial charge in [0.15, 0.2) is 22.9 Å². The lowest BCUT2D eigenvalue weighted by molar-refractivity contribution is 0.129. The molecule has 176 valence electrons. The average Bonchev–Trinajstić information content (AvgIpc) is 3.39. The normalized spacial score (nSPS) is 17.2. The second kappa shape index (κ2) is 9.41. The fourth-order valence-electron chi connectivity index (χ4n) is 4.29. The molecule has 1 atom stereocenters. The third kappa shape index (κ3) is 4.11. The van der Waals surface area contributed by atoms with Gasteiger partial charge in [-0.15, -0.1) is 0 Å². The number of imidazole rings is 1. The predicted molar refractivity (Wildman–Crippen MR) is 132 cm³/mol. The fourth-order valence-corrected chi connectivity index (χ4v) is 4.83. The van der Waals surface area contributed by atoms with E-state index in [0.717, 1.165) is 30.8 Å². The van der Waals surface area contributed by atoms with Crippen molar-refractivity contribution in [1.29, 1.82) is 5.26 Å². The predicted octanol–water partition coefficient (Wildman–Crippen LogP) is 4.31. The molecule has 1 aliphatic rings. The maximum absolute atomic E-state index is 15.3. The van der Waals surface area contributed by atoms with Gasteiger partial charge in [0.05, 0.1) is 23.9 Å². The van der Waals surface area contributed by atoms with Crippen LogP contribution in [0.25, 0.3) is 0 Å². The van der Waals surface area contributed by atoms with Gasteiger partial charge in [0.1, 0.15) is 11.9 Å². The van der Waals surface area contributed by atoms with Crippen molar-refractivity contribution >= 4 is 28.7 Å². The van der Waals surface area contributed by atoms with E-state index in [2.05, 4.69) is 9.97 Å². The van der Waals surface area contributed by atoms with Gasteiger partial charge < -0.3 is 19.7 Å². The zero-order valence-electron chi connectivity index (χ0n) is 19.2. The number of benzene rings is 2. The summed E-state index contributed by atoms with van der Waals surface area (Å²) in [5.74, 6) is 0.0548. The number of aliphatic hydroxyl groups excluding tert-OH is 1. The van der Waals surface area contributed by atoms with Crippen molar-refractivity contribution in [3.8, 4) is 11.8 Å². The number of aliphatic hydroxyl groups is 1. The first-order valence-corrected chi connectivity index (χ1v) is 11.4. The van der Waals surface area contributed by atoms with E-state index in [4.69, 9.17) is 17.0 Å². The van der Waals surface area contributed by atoms with E-state index in [1.165, 1.54) is 29.7 Å². The van der Waals surface area contributed by atoms with Gasteiger partial charge in [-0.2, -0.15) is 5.26 Å². The van der Waals surface area contributed by atoms with Crippen molar-refractivity contribution in [1.82, 2.24) is 9.97 Å². The summed E-state index contributed by atoms with van der Waals surface area (Å²) >= 11 is 5.71. The molecule has 0 bridgehead atoms. The lowest BCUT2D eigenvalue weighted by atomic mass is 10.0. The molecule has 0 aliphatic carbocycles. The maximum Gasteiger partial charge on any atom is 0.190 e. The van der Waals surface area contributed by atoms with Crippen molar-refractivity contribution in [2.24, 2.45) is 0 Å². The molecule has 3 aromatic rings. The van der Waals surface area contributed by atoms with Crippen LogP contribution in [0.4, 0.5) is 15.8 Å². The van der Waals surface area contributed by atoms with E-state index < -0.39 is 17.6 Å². The zero-order valence-corrected chi connectivity index (χ0v) is 20.1. The largest absolute Gasteiger partial charge is 0.492 e. The summed E-state index contributed by atoms with van der Waals surface area (Å²) in [6.07, 6.45) is 5.19. The van der Waals surface area contributed by atoms with Crippen LogP contribution >= 0.6 is 12.2 Å². The van der Waals surface area contributed by atoms with Gasteiger partial charge in [-0.1, -0.05) is 12.1 Å². The van der Waals surface area contributed by atoms with E-state index in [1.54, 1.807) is 6.20 Å². The topological polar surface area (TPSA) is 88.4 Å². The summed E-state index contributed by atoms with van der Waals surface area (Å²) in [7, 11) is 1.30. The van der Waals surface area contributed by atoms with Gasteiger partial charge in [0.25, 0.3) is 0 Å². The Kier molecular flexibility index (Phi) is 6.55. The molecule has 0 radical (unpaired) electrons. The molecule has 0 amide bonds. The van der Waals surface area contributed by atoms with Crippen molar-refractivity contribution in [3.05, 3.63) is 71.6 Å². The van der Waals surface area contributed by atoms with Crippen molar-refractivity contribution in [3.63, 3.8) is 0 Å². The summed E-state index contributed by atoms with van der Waals surface area (Å²) in [5, 5.41) is 20.7. The van der Waals surface area contributed by atoms with Crippen molar-refractivity contribution < 1.29 is 14.2 Å². The molecule has 1 aliphatic heterocycles. The quantitative estimate of drug-likeness (QED) is 0.488. The minimum atomic E-state index is -1.12. The van der Waals surface area contributed by atoms with Gasteiger partial charge in [0, 0.05) is 24.5 Å². The first kappa shape index (κ1) is 23.7. The summed E-state index contributed by atoms with van der Waals surface area (Å²) in [4.78, 5) is 10.6.